The summed E-state index contributed by atoms with van der Waals surface area (Å²) in [5.74, 6) is -8.68. The molecule has 25 heteroatoms. The maximum absolute atomic E-state index is 12.4. The number of amides is 3. The molecule has 0 heterocycles. The SMILES string of the molecule is CCCC(=O)N[C@@H](C=O)[C@@H](O)[C@H](O)[C@H](O)CO.CCCC(=O)N[C@H](C(=O)C(C)=O)[C@](O)(C(C)=O)[C@@](O)(C(C)=O)[C@H](O)C(O)C(C)=O.CCCC(=O)N[C@H](C=O)[C@@H](O)[C@H](O)[C@H](O)CO. The van der Waals surface area contributed by atoms with Gasteiger partial charge in [-0.05, 0) is 40.0 Å². The standard InChI is InChI=1S/C18H27NO10.2C10H19NO6/c1-6-7-12(24)19-15(13(25)8(2)20)17(28,10(4)22)18(29,11(5)23)16(27)14(26)9(3)21;2*1-2-3-8(15)11-6(4-12)9(16)10(17)7(14)5-13/h14-16,26-29H,6-7H2,1-5H3,(H,19,24);2*4,6-7,9-10,13-14,16-17H,2-3,5H2,1H3,(H,11,15)/t14?,15-,16-,17-,18-;6-,7+,9+,10+;6-,7-,9-,10-/m101/s1. The van der Waals surface area contributed by atoms with Gasteiger partial charge < -0.3 is 86.8 Å². The van der Waals surface area contributed by atoms with Gasteiger partial charge in [0.1, 0.15) is 79.5 Å². The van der Waals surface area contributed by atoms with E-state index >= 15 is 0 Å². The second-order valence-electron chi connectivity index (χ2n) is 14.2. The Hall–Kier alpha value is -4.38. The van der Waals surface area contributed by atoms with Crippen LogP contribution in [0, 0.1) is 0 Å². The Kier molecular flexibility index (Phi) is 30.6. The summed E-state index contributed by atoms with van der Waals surface area (Å²) >= 11 is 0. The number of hydrogen-bond acceptors (Lipinski definition) is 22. The zero-order valence-corrected chi connectivity index (χ0v) is 36.1. The molecular weight excluding hydrogens is 850 g/mol. The normalized spacial score (nSPS) is 18.1. The summed E-state index contributed by atoms with van der Waals surface area (Å²) in [5.41, 5.74) is -7.21. The number of carbonyl (C=O) groups is 10. The Balaban J connectivity index is -0.000000912. The number of nitrogens with one attached hydrogen (secondary N) is 3. The fourth-order valence-corrected chi connectivity index (χ4v) is 5.33. The Morgan fingerprint density at radius 2 is 0.841 bits per heavy atom. The van der Waals surface area contributed by atoms with Crippen molar-refractivity contribution in [1.29, 1.82) is 0 Å². The van der Waals surface area contributed by atoms with E-state index < -0.39 is 138 Å². The van der Waals surface area contributed by atoms with Crippen molar-refractivity contribution in [3.63, 3.8) is 0 Å². The molecular formula is C38H65N3O22. The first-order valence-electron chi connectivity index (χ1n) is 19.5. The molecule has 0 spiro atoms. The van der Waals surface area contributed by atoms with Gasteiger partial charge in [0.15, 0.2) is 34.3 Å². The molecule has 0 saturated carbocycles. The van der Waals surface area contributed by atoms with Crippen LogP contribution in [0.25, 0.3) is 0 Å². The number of aldehydes is 2. The summed E-state index contributed by atoms with van der Waals surface area (Å²) in [5, 5.41) is 122. The molecule has 0 aliphatic carbocycles. The molecule has 15 N–H and O–H groups in total. The zero-order chi connectivity index (χ0) is 50.2. The predicted octanol–water partition coefficient (Wildman–Crippen LogP) is -7.53. The van der Waals surface area contributed by atoms with Gasteiger partial charge in [-0.3, -0.25) is 38.4 Å². The summed E-state index contributed by atoms with van der Waals surface area (Å²) in [6, 6.07) is -5.10. The van der Waals surface area contributed by atoms with Crippen molar-refractivity contribution in [2.24, 2.45) is 0 Å². The lowest BCUT2D eigenvalue weighted by molar-refractivity contribution is -0.221. The molecule has 25 nitrogen and oxygen atoms in total. The third-order valence-corrected chi connectivity index (χ3v) is 9.11. The van der Waals surface area contributed by atoms with Crippen molar-refractivity contribution >= 4 is 59.2 Å². The zero-order valence-electron chi connectivity index (χ0n) is 36.1. The van der Waals surface area contributed by atoms with Gasteiger partial charge in [-0.25, -0.2) is 0 Å². The highest BCUT2D eigenvalue weighted by Gasteiger charge is 2.68. The van der Waals surface area contributed by atoms with Gasteiger partial charge in [-0.2, -0.15) is 0 Å². The highest BCUT2D eigenvalue weighted by molar-refractivity contribution is 6.39. The average Bonchev–Trinajstić information content (AvgIpc) is 3.23. The molecule has 0 aromatic carbocycles. The van der Waals surface area contributed by atoms with Crippen LogP contribution in [0.3, 0.4) is 0 Å². The minimum absolute atomic E-state index is 0.190. The van der Waals surface area contributed by atoms with E-state index in [1.807, 2.05) is 5.32 Å². The number of Topliss-reactive ketones (excluding diaryl/α,β-unsaturated/α-hetero) is 5. The Morgan fingerprint density at radius 1 is 0.524 bits per heavy atom. The number of aliphatic hydroxyl groups excluding tert-OH is 10. The fraction of sp³-hybridized carbons (Fsp3) is 0.737. The van der Waals surface area contributed by atoms with Crippen molar-refractivity contribution in [1.82, 2.24) is 16.0 Å². The molecule has 0 saturated heterocycles. The molecule has 13 atom stereocenters. The highest BCUT2D eigenvalue weighted by atomic mass is 16.4. The Morgan fingerprint density at radius 3 is 1.08 bits per heavy atom. The molecule has 0 radical (unpaired) electrons. The van der Waals surface area contributed by atoms with Gasteiger partial charge in [-0.1, -0.05) is 20.8 Å². The van der Waals surface area contributed by atoms with E-state index in [2.05, 4.69) is 10.6 Å². The molecule has 0 aromatic heterocycles. The smallest absolute Gasteiger partial charge is 0.223 e. The number of rotatable bonds is 28. The van der Waals surface area contributed by atoms with Crippen molar-refractivity contribution in [2.45, 2.75) is 165 Å². The molecule has 0 bridgehead atoms. The second kappa shape index (κ2) is 30.7. The minimum atomic E-state index is -3.63. The van der Waals surface area contributed by atoms with E-state index in [1.165, 1.54) is 0 Å². The largest absolute Gasteiger partial charge is 0.394 e. The summed E-state index contributed by atoms with van der Waals surface area (Å²) in [6.45, 7) is 6.43. The van der Waals surface area contributed by atoms with E-state index in [9.17, 15) is 88.8 Å². The lowest BCUT2D eigenvalue weighted by atomic mass is 9.66. The summed E-state index contributed by atoms with van der Waals surface area (Å²) in [4.78, 5) is 116. The monoisotopic (exact) mass is 915 g/mol. The van der Waals surface area contributed by atoms with Crippen LogP contribution in [0.15, 0.2) is 0 Å². The summed E-state index contributed by atoms with van der Waals surface area (Å²) in [6.07, 6.45) is -13.0. The van der Waals surface area contributed by atoms with Gasteiger partial charge in [0.05, 0.1) is 13.2 Å². The van der Waals surface area contributed by atoms with Crippen molar-refractivity contribution in [3.05, 3.63) is 0 Å². The molecule has 63 heavy (non-hydrogen) atoms. The van der Waals surface area contributed by atoms with Gasteiger partial charge in [0.25, 0.3) is 0 Å². The van der Waals surface area contributed by atoms with Crippen molar-refractivity contribution < 1.29 is 109 Å². The van der Waals surface area contributed by atoms with E-state index in [1.54, 1.807) is 20.8 Å². The van der Waals surface area contributed by atoms with Crippen LogP contribution in [-0.4, -0.2) is 212 Å². The topological polar surface area (TPSA) is 450 Å². The summed E-state index contributed by atoms with van der Waals surface area (Å²) in [7, 11) is 0. The fourth-order valence-electron chi connectivity index (χ4n) is 5.33. The molecule has 0 aromatic rings. The molecule has 1 unspecified atom stereocenters. The lowest BCUT2D eigenvalue weighted by Crippen LogP contribution is -2.79. The quantitative estimate of drug-likeness (QED) is 0.0256. The molecule has 0 fully saturated rings. The van der Waals surface area contributed by atoms with Crippen LogP contribution in [0.4, 0.5) is 0 Å². The Labute approximate surface area is 362 Å². The maximum Gasteiger partial charge on any atom is 0.223 e. The first kappa shape index (κ1) is 62.9. The first-order valence-corrected chi connectivity index (χ1v) is 19.5. The maximum atomic E-state index is 12.4. The lowest BCUT2D eigenvalue weighted by Gasteiger charge is -2.46. The van der Waals surface area contributed by atoms with Crippen LogP contribution in [0.2, 0.25) is 0 Å². The van der Waals surface area contributed by atoms with Crippen LogP contribution in [0.5, 0.6) is 0 Å². The van der Waals surface area contributed by atoms with Crippen LogP contribution >= 0.6 is 0 Å². The molecule has 3 amide bonds. The van der Waals surface area contributed by atoms with Gasteiger partial charge in [0.2, 0.25) is 23.5 Å². The third kappa shape index (κ3) is 18.7. The van der Waals surface area contributed by atoms with Gasteiger partial charge in [0, 0.05) is 26.2 Å². The molecule has 364 valence electrons. The van der Waals surface area contributed by atoms with E-state index in [4.69, 9.17) is 20.4 Å². The first-order chi connectivity index (χ1) is 29.0. The van der Waals surface area contributed by atoms with E-state index in [0.29, 0.717) is 26.7 Å². The number of hydrogen-bond donors (Lipinski definition) is 15. The molecule has 0 rings (SSSR count). The van der Waals surface area contributed by atoms with Crippen LogP contribution in [0.1, 0.15) is 87.0 Å². The van der Waals surface area contributed by atoms with Crippen LogP contribution in [-0.2, 0) is 47.9 Å². The van der Waals surface area contributed by atoms with Gasteiger partial charge in [-0.15, -0.1) is 0 Å². The predicted molar refractivity (Wildman–Crippen MR) is 213 cm³/mol. The number of carbonyl (C=O) groups excluding carboxylic acids is 10. The number of aliphatic hydroxyl groups is 12. The van der Waals surface area contributed by atoms with E-state index in [0.717, 1.165) is 13.8 Å². The average molecular weight is 916 g/mol. The highest BCUT2D eigenvalue weighted by Crippen LogP contribution is 2.34. The van der Waals surface area contributed by atoms with Crippen LogP contribution < -0.4 is 16.0 Å². The summed E-state index contributed by atoms with van der Waals surface area (Å²) < 4.78 is 0. The van der Waals surface area contributed by atoms with E-state index in [-0.39, 0.29) is 38.3 Å². The third-order valence-electron chi connectivity index (χ3n) is 9.11. The Bertz CT molecular complexity index is 1480. The second-order valence-corrected chi connectivity index (χ2v) is 14.2. The minimum Gasteiger partial charge on any atom is -0.394 e. The molecule has 0 aliphatic rings. The molecule has 0 aliphatic heterocycles. The number of ketones is 5. The van der Waals surface area contributed by atoms with Gasteiger partial charge >= 0.3 is 0 Å². The van der Waals surface area contributed by atoms with Crippen molar-refractivity contribution in [3.8, 4) is 0 Å². The van der Waals surface area contributed by atoms with Crippen molar-refractivity contribution in [2.75, 3.05) is 13.2 Å².